The fourth-order valence-electron chi connectivity index (χ4n) is 3.99. The molecule has 1 aliphatic heterocycles. The Hall–Kier alpha value is -5.09. The molecular weight excluding hydrogens is 502 g/mol. The molecule has 1 atom stereocenters. The van der Waals surface area contributed by atoms with Gasteiger partial charge in [-0.3, -0.25) is 29.6 Å². The molecule has 2 N–H and O–H groups in total. The lowest BCUT2D eigenvalue weighted by Gasteiger charge is -2.24. The van der Waals surface area contributed by atoms with Gasteiger partial charge in [0.25, 0.3) is 16.9 Å². The zero-order chi connectivity index (χ0) is 26.9. The van der Waals surface area contributed by atoms with Crippen LogP contribution in [0.2, 0.25) is 0 Å². The number of hydrogen-bond donors (Lipinski definition) is 1. The Kier molecular flexibility index (Phi) is 6.68. The lowest BCUT2D eigenvalue weighted by Crippen LogP contribution is -2.40. The Morgan fingerprint density at radius 1 is 1.19 bits per heavy atom. The van der Waals surface area contributed by atoms with Gasteiger partial charge in [0, 0.05) is 24.3 Å². The second-order valence-electron chi connectivity index (χ2n) is 7.74. The van der Waals surface area contributed by atoms with E-state index in [0.717, 1.165) is 15.9 Å². The first-order valence-electron chi connectivity index (χ1n) is 10.7. The molecule has 1 aromatic heterocycles. The van der Waals surface area contributed by atoms with E-state index in [9.17, 15) is 35.1 Å². The van der Waals surface area contributed by atoms with Crippen molar-refractivity contribution in [2.75, 3.05) is 6.61 Å². The maximum absolute atomic E-state index is 13.4. The number of thiazole rings is 1. The molecule has 0 bridgehead atoms. The van der Waals surface area contributed by atoms with Crippen molar-refractivity contribution in [2.45, 2.75) is 12.8 Å². The fourth-order valence-corrected chi connectivity index (χ4v) is 5.12. The number of aromatic nitrogens is 1. The van der Waals surface area contributed by atoms with Crippen LogP contribution in [0.3, 0.4) is 0 Å². The van der Waals surface area contributed by atoms with Crippen LogP contribution in [0.4, 0.5) is 11.4 Å². The summed E-state index contributed by atoms with van der Waals surface area (Å²) in [5.74, 6) is -2.28. The molecule has 0 radical (unpaired) electrons. The van der Waals surface area contributed by atoms with E-state index in [2.05, 4.69) is 0 Å². The Balaban J connectivity index is 2.05. The number of nitrogens with two attached hydrogens (primary N) is 1. The zero-order valence-corrected chi connectivity index (χ0v) is 19.9. The lowest BCUT2D eigenvalue weighted by atomic mass is 9.83. The van der Waals surface area contributed by atoms with Crippen LogP contribution in [0.15, 0.2) is 58.9 Å². The van der Waals surface area contributed by atoms with Crippen LogP contribution in [0.1, 0.15) is 24.0 Å². The highest BCUT2D eigenvalue weighted by Crippen LogP contribution is 2.37. The molecule has 1 unspecified atom stereocenters. The molecule has 0 aliphatic carbocycles. The molecule has 2 heterocycles. The van der Waals surface area contributed by atoms with Crippen LogP contribution in [0, 0.1) is 31.6 Å². The van der Waals surface area contributed by atoms with Crippen molar-refractivity contribution >= 4 is 46.2 Å². The SMILES string of the molecule is CCOC(=O)C1=C(N)n2c(sc(=Cc3cccc([N+](=O)[O-])c3)c2=O)=C(C#N)C1c1cccc([N+](=O)[O-])c1. The molecular formula is C24H17N5O7S. The van der Waals surface area contributed by atoms with E-state index in [0.29, 0.717) is 5.56 Å². The summed E-state index contributed by atoms with van der Waals surface area (Å²) >= 11 is 0.909. The number of rotatable bonds is 6. The number of nitrogens with zero attached hydrogens (tertiary/aromatic N) is 4. The molecule has 1 aliphatic rings. The molecule has 4 rings (SSSR count). The molecule has 12 nitrogen and oxygen atoms in total. The standard InChI is InChI=1S/C24H17N5O7S/c1-2-36-24(31)20-19(14-6-4-8-16(11-14)29(34)35)17(12-25)23-27(21(20)26)22(30)18(37-23)10-13-5-3-7-15(9-13)28(32)33/h3-11,19H,2,26H2,1H3. The van der Waals surface area contributed by atoms with E-state index in [4.69, 9.17) is 10.5 Å². The van der Waals surface area contributed by atoms with Gasteiger partial charge in [0.1, 0.15) is 10.5 Å². The van der Waals surface area contributed by atoms with E-state index in [1.54, 1.807) is 13.0 Å². The maximum atomic E-state index is 13.4. The summed E-state index contributed by atoms with van der Waals surface area (Å²) in [6.07, 6.45) is 1.42. The van der Waals surface area contributed by atoms with Crippen molar-refractivity contribution in [1.82, 2.24) is 4.57 Å². The number of ether oxygens (including phenoxy) is 1. The number of nitro benzene ring substituents is 2. The summed E-state index contributed by atoms with van der Waals surface area (Å²) in [5, 5.41) is 32.6. The van der Waals surface area contributed by atoms with E-state index < -0.39 is 27.3 Å². The highest BCUT2D eigenvalue weighted by Gasteiger charge is 2.37. The highest BCUT2D eigenvalue weighted by molar-refractivity contribution is 7.07. The minimum Gasteiger partial charge on any atom is -0.463 e. The van der Waals surface area contributed by atoms with Crippen molar-refractivity contribution in [2.24, 2.45) is 5.73 Å². The van der Waals surface area contributed by atoms with Crippen molar-refractivity contribution < 1.29 is 19.4 Å². The zero-order valence-electron chi connectivity index (χ0n) is 19.1. The van der Waals surface area contributed by atoms with Gasteiger partial charge in [-0.25, -0.2) is 4.79 Å². The van der Waals surface area contributed by atoms with E-state index in [1.807, 2.05) is 6.07 Å². The molecule has 0 fully saturated rings. The van der Waals surface area contributed by atoms with Crippen molar-refractivity contribution in [3.05, 3.63) is 105 Å². The number of benzene rings is 2. The van der Waals surface area contributed by atoms with Crippen molar-refractivity contribution in [3.8, 4) is 6.07 Å². The number of fused-ring (bicyclic) bond motifs is 1. The Morgan fingerprint density at radius 2 is 1.84 bits per heavy atom. The molecule has 0 spiro atoms. The number of nitriles is 1. The largest absolute Gasteiger partial charge is 0.463 e. The Labute approximate surface area is 211 Å². The molecule has 0 saturated carbocycles. The Bertz CT molecular complexity index is 1730. The number of nitro groups is 2. The summed E-state index contributed by atoms with van der Waals surface area (Å²) < 4.78 is 6.41. The van der Waals surface area contributed by atoms with Gasteiger partial charge in [0.2, 0.25) is 0 Å². The average Bonchev–Trinajstić information content (AvgIpc) is 3.20. The van der Waals surface area contributed by atoms with Gasteiger partial charge in [-0.1, -0.05) is 24.3 Å². The third-order valence-electron chi connectivity index (χ3n) is 5.56. The second kappa shape index (κ2) is 9.88. The number of carbonyl (C=O) groups is 1. The third-order valence-corrected chi connectivity index (χ3v) is 6.67. The van der Waals surface area contributed by atoms with Gasteiger partial charge < -0.3 is 10.5 Å². The normalized spacial score (nSPS) is 15.2. The topological polar surface area (TPSA) is 184 Å². The van der Waals surface area contributed by atoms with Crippen LogP contribution >= 0.6 is 11.3 Å². The highest BCUT2D eigenvalue weighted by atomic mass is 32.1. The van der Waals surface area contributed by atoms with Crippen LogP contribution in [-0.4, -0.2) is 27.0 Å². The summed E-state index contributed by atoms with van der Waals surface area (Å²) in [6.45, 7) is 1.55. The first-order valence-corrected chi connectivity index (χ1v) is 11.5. The maximum Gasteiger partial charge on any atom is 0.338 e. The third kappa shape index (κ3) is 4.48. The molecule has 2 aromatic carbocycles. The fraction of sp³-hybridized carbons (Fsp3) is 0.125. The van der Waals surface area contributed by atoms with Crippen LogP contribution < -0.4 is 20.5 Å². The summed E-state index contributed by atoms with van der Waals surface area (Å²) in [5.41, 5.74) is 5.63. The smallest absolute Gasteiger partial charge is 0.338 e. The van der Waals surface area contributed by atoms with E-state index >= 15 is 0 Å². The van der Waals surface area contributed by atoms with Crippen molar-refractivity contribution in [1.29, 1.82) is 5.26 Å². The molecule has 13 heteroatoms. The summed E-state index contributed by atoms with van der Waals surface area (Å²) in [6, 6.07) is 13.1. The van der Waals surface area contributed by atoms with Crippen LogP contribution in [0.25, 0.3) is 17.5 Å². The van der Waals surface area contributed by atoms with E-state index in [1.165, 1.54) is 48.5 Å². The lowest BCUT2D eigenvalue weighted by molar-refractivity contribution is -0.385. The molecule has 3 aromatic rings. The number of esters is 1. The van der Waals surface area contributed by atoms with Crippen LogP contribution in [0.5, 0.6) is 0 Å². The monoisotopic (exact) mass is 519 g/mol. The predicted molar refractivity (Wildman–Crippen MR) is 133 cm³/mol. The minimum absolute atomic E-state index is 0.0175. The minimum atomic E-state index is -1.13. The quantitative estimate of drug-likeness (QED) is 0.288. The summed E-state index contributed by atoms with van der Waals surface area (Å²) in [7, 11) is 0. The number of hydrogen-bond acceptors (Lipinski definition) is 10. The summed E-state index contributed by atoms with van der Waals surface area (Å²) in [4.78, 5) is 47.7. The molecule has 0 saturated heterocycles. The second-order valence-corrected chi connectivity index (χ2v) is 8.77. The van der Waals surface area contributed by atoms with Gasteiger partial charge in [-0.2, -0.15) is 5.26 Å². The van der Waals surface area contributed by atoms with Gasteiger partial charge >= 0.3 is 5.97 Å². The van der Waals surface area contributed by atoms with Crippen LogP contribution in [-0.2, 0) is 9.53 Å². The van der Waals surface area contributed by atoms with Gasteiger partial charge in [0.15, 0.2) is 0 Å². The van der Waals surface area contributed by atoms with Gasteiger partial charge in [-0.15, -0.1) is 11.3 Å². The average molecular weight is 519 g/mol. The van der Waals surface area contributed by atoms with Gasteiger partial charge in [-0.05, 0) is 24.1 Å². The number of carbonyl (C=O) groups excluding carboxylic acids is 1. The Morgan fingerprint density at radius 3 is 2.46 bits per heavy atom. The predicted octanol–water partition coefficient (Wildman–Crippen LogP) is 1.72. The first-order chi connectivity index (χ1) is 17.7. The molecule has 37 heavy (non-hydrogen) atoms. The van der Waals surface area contributed by atoms with Crippen molar-refractivity contribution in [3.63, 3.8) is 0 Å². The first kappa shape index (κ1) is 25.0. The number of non-ortho nitro benzene ring substituents is 2. The molecule has 186 valence electrons. The van der Waals surface area contributed by atoms with E-state index in [-0.39, 0.29) is 49.7 Å². The van der Waals surface area contributed by atoms with Gasteiger partial charge in [0.05, 0.1) is 44.1 Å². The molecule has 0 amide bonds.